The average Bonchev–Trinajstić information content (AvgIpc) is 3.89. The van der Waals surface area contributed by atoms with Crippen LogP contribution >= 0.6 is 0 Å². The van der Waals surface area contributed by atoms with Gasteiger partial charge in [0, 0.05) is 43.1 Å². The molecule has 0 saturated carbocycles. The van der Waals surface area contributed by atoms with Crippen LogP contribution in [0.25, 0.3) is 5.69 Å². The standard InChI is InChI=1S/C34H39N9O4/c1-3-26(2)43-33(44)41(25-37-43)30-11-9-28(10-12-30)39-17-19-40(20-18-39)29-13-15-31(16-14-29)45-21-32-22-46-34(47-32,23-42-36-24-35-38-42)27-7-5-4-6-8-27/h4-16,24-26,32H,3,17-23H2,1-2H3/t26?,32-,34-/m1/s1. The summed E-state index contributed by atoms with van der Waals surface area (Å²) in [5.74, 6) is -0.235. The molecule has 2 aliphatic rings. The van der Waals surface area contributed by atoms with Crippen molar-refractivity contribution in [2.45, 2.75) is 44.7 Å². The van der Waals surface area contributed by atoms with Crippen molar-refractivity contribution in [2.75, 3.05) is 49.2 Å². The molecule has 13 nitrogen and oxygen atoms in total. The van der Waals surface area contributed by atoms with Crippen molar-refractivity contribution in [1.82, 2.24) is 34.6 Å². The van der Waals surface area contributed by atoms with Crippen LogP contribution in [0, 0.1) is 0 Å². The summed E-state index contributed by atoms with van der Waals surface area (Å²) in [4.78, 5) is 19.0. The van der Waals surface area contributed by atoms with Crippen molar-refractivity contribution in [1.29, 1.82) is 0 Å². The highest BCUT2D eigenvalue weighted by Gasteiger charge is 2.44. The van der Waals surface area contributed by atoms with Gasteiger partial charge in [-0.2, -0.15) is 9.90 Å². The van der Waals surface area contributed by atoms with E-state index in [4.69, 9.17) is 14.2 Å². The zero-order valence-corrected chi connectivity index (χ0v) is 26.6. The lowest BCUT2D eigenvalue weighted by Gasteiger charge is -2.37. The SMILES string of the molecule is CCC(C)n1ncn(-c2ccc(N3CCN(c4ccc(OC[C@@H]5CO[C@@](Cn6ncnn6)(c6ccccc6)O5)cc4)CC3)cc2)c1=O. The average molecular weight is 638 g/mol. The number of hydrogen-bond acceptors (Lipinski definition) is 10. The monoisotopic (exact) mass is 637 g/mol. The lowest BCUT2D eigenvalue weighted by molar-refractivity contribution is -0.192. The molecule has 47 heavy (non-hydrogen) atoms. The Morgan fingerprint density at radius 3 is 2.19 bits per heavy atom. The molecule has 0 bridgehead atoms. The topological polar surface area (TPSA) is 118 Å². The maximum absolute atomic E-state index is 12.8. The molecule has 0 radical (unpaired) electrons. The Kier molecular flexibility index (Phi) is 8.72. The minimum absolute atomic E-state index is 0.0705. The van der Waals surface area contributed by atoms with Crippen LogP contribution in [0.15, 0.2) is 96.3 Å². The zero-order valence-electron chi connectivity index (χ0n) is 26.6. The van der Waals surface area contributed by atoms with Crippen LogP contribution in [0.3, 0.4) is 0 Å². The van der Waals surface area contributed by atoms with E-state index in [1.807, 2.05) is 61.5 Å². The Bertz CT molecular complexity index is 1780. The molecule has 0 spiro atoms. The third kappa shape index (κ3) is 6.49. The maximum Gasteiger partial charge on any atom is 0.350 e. The molecule has 0 aliphatic carbocycles. The number of piperazine rings is 1. The Labute approximate surface area is 272 Å². The first-order chi connectivity index (χ1) is 23.0. The summed E-state index contributed by atoms with van der Waals surface area (Å²) < 4.78 is 21.9. The van der Waals surface area contributed by atoms with Gasteiger partial charge in [-0.1, -0.05) is 37.3 Å². The van der Waals surface area contributed by atoms with Crippen LogP contribution in [-0.2, 0) is 21.8 Å². The van der Waals surface area contributed by atoms with Gasteiger partial charge in [-0.15, -0.1) is 10.2 Å². The van der Waals surface area contributed by atoms with Gasteiger partial charge in [0.2, 0.25) is 5.79 Å². The van der Waals surface area contributed by atoms with Crippen LogP contribution in [0.1, 0.15) is 31.9 Å². The van der Waals surface area contributed by atoms with E-state index in [2.05, 4.69) is 61.5 Å². The molecule has 2 fully saturated rings. The molecule has 2 aliphatic heterocycles. The first kappa shape index (κ1) is 30.6. The largest absolute Gasteiger partial charge is 0.491 e. The van der Waals surface area contributed by atoms with E-state index in [1.54, 1.807) is 15.6 Å². The highest BCUT2D eigenvalue weighted by molar-refractivity contribution is 5.54. The van der Waals surface area contributed by atoms with Crippen molar-refractivity contribution in [3.8, 4) is 11.4 Å². The Hall–Kier alpha value is -5.01. The van der Waals surface area contributed by atoms with E-state index in [9.17, 15) is 4.79 Å². The molecule has 13 heteroatoms. The fraction of sp³-hybridized carbons (Fsp3) is 0.382. The predicted octanol–water partition coefficient (Wildman–Crippen LogP) is 3.67. The molecule has 2 saturated heterocycles. The van der Waals surface area contributed by atoms with Gasteiger partial charge in [0.05, 0.1) is 18.3 Å². The number of anilines is 2. The van der Waals surface area contributed by atoms with E-state index >= 15 is 0 Å². The van der Waals surface area contributed by atoms with Crippen molar-refractivity contribution in [3.63, 3.8) is 0 Å². The van der Waals surface area contributed by atoms with Crippen LogP contribution < -0.4 is 20.2 Å². The molecule has 3 atom stereocenters. The lowest BCUT2D eigenvalue weighted by atomic mass is 10.1. The molecule has 0 N–H and O–H groups in total. The van der Waals surface area contributed by atoms with E-state index in [0.717, 1.165) is 61.0 Å². The lowest BCUT2D eigenvalue weighted by Crippen LogP contribution is -2.46. The van der Waals surface area contributed by atoms with Crippen molar-refractivity contribution in [2.24, 2.45) is 0 Å². The molecule has 2 aromatic heterocycles. The molecule has 0 amide bonds. The number of ether oxygens (including phenoxy) is 3. The summed E-state index contributed by atoms with van der Waals surface area (Å²) in [5, 5.41) is 16.3. The summed E-state index contributed by atoms with van der Waals surface area (Å²) in [6.45, 7) is 8.68. The van der Waals surface area contributed by atoms with E-state index in [1.165, 1.54) is 11.1 Å². The van der Waals surface area contributed by atoms with E-state index in [-0.39, 0.29) is 24.4 Å². The molecule has 4 heterocycles. The highest BCUT2D eigenvalue weighted by atomic mass is 16.8. The van der Waals surface area contributed by atoms with E-state index < -0.39 is 5.79 Å². The number of benzene rings is 3. The Morgan fingerprint density at radius 1 is 0.894 bits per heavy atom. The normalized spacial score (nSPS) is 20.4. The summed E-state index contributed by atoms with van der Waals surface area (Å²) in [6.07, 6.45) is 3.59. The minimum atomic E-state index is -1.01. The van der Waals surface area contributed by atoms with Crippen LogP contribution in [0.4, 0.5) is 11.4 Å². The first-order valence-electron chi connectivity index (χ1n) is 16.1. The molecule has 1 unspecified atom stereocenters. The summed E-state index contributed by atoms with van der Waals surface area (Å²) in [6, 6.07) is 26.3. The van der Waals surface area contributed by atoms with Gasteiger partial charge in [0.25, 0.3) is 0 Å². The summed E-state index contributed by atoms with van der Waals surface area (Å²) in [7, 11) is 0. The van der Waals surface area contributed by atoms with Crippen molar-refractivity contribution < 1.29 is 14.2 Å². The van der Waals surface area contributed by atoms with Gasteiger partial charge in [-0.05, 0) is 67.1 Å². The Balaban J connectivity index is 0.913. The van der Waals surface area contributed by atoms with E-state index in [0.29, 0.717) is 13.2 Å². The second kappa shape index (κ2) is 13.4. The molecular weight excluding hydrogens is 598 g/mol. The van der Waals surface area contributed by atoms with Gasteiger partial charge in [-0.3, -0.25) is 0 Å². The second-order valence-corrected chi connectivity index (χ2v) is 11.9. The van der Waals surface area contributed by atoms with Crippen LogP contribution in [0.2, 0.25) is 0 Å². The fourth-order valence-electron chi connectivity index (χ4n) is 6.07. The van der Waals surface area contributed by atoms with Crippen molar-refractivity contribution in [3.05, 3.63) is 108 Å². The number of rotatable bonds is 11. The first-order valence-corrected chi connectivity index (χ1v) is 16.1. The van der Waals surface area contributed by atoms with Gasteiger partial charge in [-0.25, -0.2) is 14.0 Å². The maximum atomic E-state index is 12.8. The van der Waals surface area contributed by atoms with Crippen LogP contribution in [-0.4, -0.2) is 80.1 Å². The number of hydrogen-bond donors (Lipinski definition) is 0. The fourth-order valence-corrected chi connectivity index (χ4v) is 6.07. The third-order valence-electron chi connectivity index (χ3n) is 8.93. The highest BCUT2D eigenvalue weighted by Crippen LogP contribution is 2.36. The molecule has 244 valence electrons. The van der Waals surface area contributed by atoms with Gasteiger partial charge in [0.15, 0.2) is 6.33 Å². The molecule has 5 aromatic rings. The Morgan fingerprint density at radius 2 is 1.55 bits per heavy atom. The van der Waals surface area contributed by atoms with Crippen LogP contribution in [0.5, 0.6) is 5.75 Å². The molecule has 7 rings (SSSR count). The van der Waals surface area contributed by atoms with Gasteiger partial charge in [0.1, 0.15) is 31.3 Å². The predicted molar refractivity (Wildman–Crippen MR) is 176 cm³/mol. The quantitative estimate of drug-likeness (QED) is 0.212. The van der Waals surface area contributed by atoms with Gasteiger partial charge >= 0.3 is 5.69 Å². The van der Waals surface area contributed by atoms with Gasteiger partial charge < -0.3 is 24.0 Å². The molecular formula is C34H39N9O4. The summed E-state index contributed by atoms with van der Waals surface area (Å²) in [5.41, 5.74) is 3.91. The number of tetrazole rings is 1. The molecule has 3 aromatic carbocycles. The zero-order chi connectivity index (χ0) is 32.2. The summed E-state index contributed by atoms with van der Waals surface area (Å²) >= 11 is 0. The number of aromatic nitrogens is 7. The van der Waals surface area contributed by atoms with Crippen molar-refractivity contribution >= 4 is 11.4 Å². The third-order valence-corrected chi connectivity index (χ3v) is 8.93. The second-order valence-electron chi connectivity index (χ2n) is 11.9. The smallest absolute Gasteiger partial charge is 0.350 e. The number of nitrogens with zero attached hydrogens (tertiary/aromatic N) is 9. The minimum Gasteiger partial charge on any atom is -0.491 e.